The van der Waals surface area contributed by atoms with Crippen LogP contribution in [0.5, 0.6) is 0 Å². The first-order valence-corrected chi connectivity index (χ1v) is 7.18. The van der Waals surface area contributed by atoms with Gasteiger partial charge in [-0.2, -0.15) is 0 Å². The van der Waals surface area contributed by atoms with E-state index in [0.717, 1.165) is 12.0 Å². The summed E-state index contributed by atoms with van der Waals surface area (Å²) in [7, 11) is 0. The largest absolute Gasteiger partial charge is 0.480 e. The van der Waals surface area contributed by atoms with Crippen molar-refractivity contribution in [2.24, 2.45) is 5.41 Å². The summed E-state index contributed by atoms with van der Waals surface area (Å²) >= 11 is 0. The third-order valence-electron chi connectivity index (χ3n) is 3.50. The van der Waals surface area contributed by atoms with Gasteiger partial charge < -0.3 is 10.1 Å². The van der Waals surface area contributed by atoms with Crippen molar-refractivity contribution in [3.8, 4) is 0 Å². The van der Waals surface area contributed by atoms with Crippen LogP contribution in [-0.4, -0.2) is 18.3 Å². The van der Waals surface area contributed by atoms with Crippen LogP contribution in [0.15, 0.2) is 35.6 Å². The number of benzene rings is 1. The van der Waals surface area contributed by atoms with E-state index in [4.69, 9.17) is 4.74 Å². The standard InChI is InChI=1S/C17H20FNO3/c1-11-8-17(2,3)9-14(20)16(11)22-10-15(21)19-13-6-4-12(18)5-7-13/h4-7H,8-10H2,1-3H3,(H,19,21). The summed E-state index contributed by atoms with van der Waals surface area (Å²) < 4.78 is 18.2. The molecule has 1 aliphatic rings. The minimum absolute atomic E-state index is 0.0651. The third kappa shape index (κ3) is 4.16. The van der Waals surface area contributed by atoms with Gasteiger partial charge in [0.25, 0.3) is 5.91 Å². The van der Waals surface area contributed by atoms with Gasteiger partial charge in [-0.1, -0.05) is 13.8 Å². The minimum Gasteiger partial charge on any atom is -0.480 e. The molecular weight excluding hydrogens is 285 g/mol. The first kappa shape index (κ1) is 16.2. The fourth-order valence-corrected chi connectivity index (χ4v) is 2.69. The predicted octanol–water partition coefficient (Wildman–Crippen LogP) is 3.44. The molecule has 4 nitrogen and oxygen atoms in total. The van der Waals surface area contributed by atoms with Gasteiger partial charge in [0.1, 0.15) is 5.82 Å². The number of ether oxygens (including phenoxy) is 1. The highest BCUT2D eigenvalue weighted by molar-refractivity contribution is 5.96. The summed E-state index contributed by atoms with van der Waals surface area (Å²) in [4.78, 5) is 23.9. The van der Waals surface area contributed by atoms with E-state index in [2.05, 4.69) is 5.32 Å². The van der Waals surface area contributed by atoms with Crippen LogP contribution in [0.2, 0.25) is 0 Å². The fourth-order valence-electron chi connectivity index (χ4n) is 2.69. The Hall–Kier alpha value is -2.17. The van der Waals surface area contributed by atoms with Crippen LogP contribution in [-0.2, 0) is 14.3 Å². The monoisotopic (exact) mass is 305 g/mol. The van der Waals surface area contributed by atoms with Crippen molar-refractivity contribution in [2.45, 2.75) is 33.6 Å². The van der Waals surface area contributed by atoms with E-state index in [-0.39, 0.29) is 29.5 Å². The maximum absolute atomic E-state index is 12.8. The second-order valence-corrected chi connectivity index (χ2v) is 6.39. The molecule has 1 aromatic rings. The number of carbonyl (C=O) groups is 2. The Balaban J connectivity index is 1.93. The Morgan fingerprint density at radius 1 is 1.27 bits per heavy atom. The molecule has 0 spiro atoms. The lowest BCUT2D eigenvalue weighted by Crippen LogP contribution is -2.28. The summed E-state index contributed by atoms with van der Waals surface area (Å²) in [6.07, 6.45) is 1.19. The Morgan fingerprint density at radius 3 is 2.50 bits per heavy atom. The molecule has 0 unspecified atom stereocenters. The zero-order valence-electron chi connectivity index (χ0n) is 13.0. The van der Waals surface area contributed by atoms with Crippen molar-refractivity contribution >= 4 is 17.4 Å². The van der Waals surface area contributed by atoms with E-state index in [1.165, 1.54) is 24.3 Å². The highest BCUT2D eigenvalue weighted by Gasteiger charge is 2.32. The lowest BCUT2D eigenvalue weighted by atomic mass is 9.76. The van der Waals surface area contributed by atoms with Crippen molar-refractivity contribution in [2.75, 3.05) is 11.9 Å². The summed E-state index contributed by atoms with van der Waals surface area (Å²) in [5.41, 5.74) is 1.29. The first-order valence-electron chi connectivity index (χ1n) is 7.18. The molecule has 0 saturated carbocycles. The molecule has 0 fully saturated rings. The van der Waals surface area contributed by atoms with Crippen LogP contribution < -0.4 is 5.32 Å². The van der Waals surface area contributed by atoms with Crippen molar-refractivity contribution in [1.29, 1.82) is 0 Å². The van der Waals surface area contributed by atoms with Crippen LogP contribution >= 0.6 is 0 Å². The van der Waals surface area contributed by atoms with E-state index < -0.39 is 0 Å². The lowest BCUT2D eigenvalue weighted by Gasteiger charge is -2.30. The molecule has 5 heteroatoms. The Labute approximate surface area is 129 Å². The quantitative estimate of drug-likeness (QED) is 0.927. The molecule has 0 radical (unpaired) electrons. The number of amides is 1. The average molecular weight is 305 g/mol. The number of ketones is 1. The van der Waals surface area contributed by atoms with Crippen molar-refractivity contribution in [3.63, 3.8) is 0 Å². The molecule has 0 heterocycles. The topological polar surface area (TPSA) is 55.4 Å². The van der Waals surface area contributed by atoms with Gasteiger partial charge in [-0.3, -0.25) is 9.59 Å². The van der Waals surface area contributed by atoms with Crippen LogP contribution in [0.3, 0.4) is 0 Å². The molecule has 118 valence electrons. The van der Waals surface area contributed by atoms with E-state index in [1.807, 2.05) is 20.8 Å². The summed E-state index contributed by atoms with van der Waals surface area (Å²) in [6, 6.07) is 5.45. The third-order valence-corrected chi connectivity index (χ3v) is 3.50. The molecule has 2 rings (SSSR count). The molecule has 1 aliphatic carbocycles. The van der Waals surface area contributed by atoms with E-state index in [1.54, 1.807) is 0 Å². The van der Waals surface area contributed by atoms with Crippen LogP contribution in [0, 0.1) is 11.2 Å². The molecule has 1 aromatic carbocycles. The maximum atomic E-state index is 12.8. The van der Waals surface area contributed by atoms with E-state index >= 15 is 0 Å². The average Bonchev–Trinajstić information content (AvgIpc) is 2.39. The Kier molecular flexibility index (Phi) is 4.64. The minimum atomic E-state index is -0.385. The predicted molar refractivity (Wildman–Crippen MR) is 81.7 cm³/mol. The van der Waals surface area contributed by atoms with Crippen molar-refractivity contribution < 1.29 is 18.7 Å². The highest BCUT2D eigenvalue weighted by atomic mass is 19.1. The number of anilines is 1. The maximum Gasteiger partial charge on any atom is 0.262 e. The van der Waals surface area contributed by atoms with Gasteiger partial charge in [0, 0.05) is 12.1 Å². The second kappa shape index (κ2) is 6.30. The number of rotatable bonds is 4. The number of allylic oxidation sites excluding steroid dienone is 2. The van der Waals surface area contributed by atoms with Crippen LogP contribution in [0.25, 0.3) is 0 Å². The van der Waals surface area contributed by atoms with Gasteiger partial charge in [-0.05, 0) is 48.6 Å². The van der Waals surface area contributed by atoms with Crippen LogP contribution in [0.1, 0.15) is 33.6 Å². The smallest absolute Gasteiger partial charge is 0.262 e. The second-order valence-electron chi connectivity index (χ2n) is 6.39. The number of halogens is 1. The zero-order valence-corrected chi connectivity index (χ0v) is 13.0. The Morgan fingerprint density at radius 2 is 1.91 bits per heavy atom. The molecular formula is C17H20FNO3. The normalized spacial score (nSPS) is 17.4. The number of carbonyl (C=O) groups excluding carboxylic acids is 2. The molecule has 22 heavy (non-hydrogen) atoms. The summed E-state index contributed by atoms with van der Waals surface area (Å²) in [6.45, 7) is 5.68. The first-order chi connectivity index (χ1) is 10.3. The van der Waals surface area contributed by atoms with E-state index in [9.17, 15) is 14.0 Å². The number of hydrogen-bond acceptors (Lipinski definition) is 3. The Bertz CT molecular complexity index is 617. The summed E-state index contributed by atoms with van der Waals surface area (Å²) in [5.74, 6) is -0.521. The summed E-state index contributed by atoms with van der Waals surface area (Å²) in [5, 5.41) is 2.59. The number of hydrogen-bond donors (Lipinski definition) is 1. The molecule has 0 aliphatic heterocycles. The van der Waals surface area contributed by atoms with Crippen LogP contribution in [0.4, 0.5) is 10.1 Å². The molecule has 0 aromatic heterocycles. The van der Waals surface area contributed by atoms with Crippen molar-refractivity contribution in [3.05, 3.63) is 41.4 Å². The van der Waals surface area contributed by atoms with Gasteiger partial charge in [0.15, 0.2) is 18.1 Å². The van der Waals surface area contributed by atoms with Gasteiger partial charge in [-0.15, -0.1) is 0 Å². The van der Waals surface area contributed by atoms with Crippen molar-refractivity contribution in [1.82, 2.24) is 0 Å². The highest BCUT2D eigenvalue weighted by Crippen LogP contribution is 2.36. The molecule has 0 atom stereocenters. The van der Waals surface area contributed by atoms with Gasteiger partial charge >= 0.3 is 0 Å². The zero-order chi connectivity index (χ0) is 16.3. The molecule has 1 amide bonds. The SMILES string of the molecule is CC1=C(OCC(=O)Nc2ccc(F)cc2)C(=O)CC(C)(C)C1. The van der Waals surface area contributed by atoms with Gasteiger partial charge in [0.05, 0.1) is 0 Å². The number of Topliss-reactive ketones (excluding diaryl/α,β-unsaturated/α-hetero) is 1. The fraction of sp³-hybridized carbons (Fsp3) is 0.412. The van der Waals surface area contributed by atoms with E-state index in [0.29, 0.717) is 17.9 Å². The lowest BCUT2D eigenvalue weighted by molar-refractivity contribution is -0.124. The van der Waals surface area contributed by atoms with Gasteiger partial charge in [0.2, 0.25) is 0 Å². The number of nitrogens with one attached hydrogen (secondary N) is 1. The van der Waals surface area contributed by atoms with Gasteiger partial charge in [-0.25, -0.2) is 4.39 Å². The molecule has 0 bridgehead atoms. The molecule has 1 N–H and O–H groups in total. The molecule has 0 saturated heterocycles.